The molecule has 11 atom stereocenters. The molecule has 0 spiro atoms. The molecule has 7 aromatic rings. The number of fused-ring (bicyclic) bond motifs is 2. The van der Waals surface area contributed by atoms with E-state index >= 15 is 0 Å². The number of H-pyrrole nitrogens is 3. The molecule has 0 saturated carbocycles. The summed E-state index contributed by atoms with van der Waals surface area (Å²) in [6.45, 7) is 3.56. The Balaban J connectivity index is 0.978. The van der Waals surface area contributed by atoms with Gasteiger partial charge in [0.1, 0.15) is 66.5 Å². The highest BCUT2D eigenvalue weighted by Crippen LogP contribution is 2.23. The largest absolute Gasteiger partial charge is 0.481 e. The summed E-state index contributed by atoms with van der Waals surface area (Å²) in [4.78, 5) is 255. The van der Waals surface area contributed by atoms with E-state index in [9.17, 15) is 96.8 Å². The molecule has 0 bridgehead atoms. The van der Waals surface area contributed by atoms with E-state index in [0.717, 1.165) is 10.9 Å². The fraction of sp³-hybridized carbons (Fsp3) is 0.444. The van der Waals surface area contributed by atoms with Gasteiger partial charge in [0, 0.05) is 131 Å². The van der Waals surface area contributed by atoms with Gasteiger partial charge in [-0.05, 0) is 85.8 Å². The number of aromatic amines is 3. The first-order chi connectivity index (χ1) is 64.2. The van der Waals surface area contributed by atoms with Gasteiger partial charge in [-0.1, -0.05) is 137 Å². The number of benzene rings is 4. The van der Waals surface area contributed by atoms with Gasteiger partial charge in [0.25, 0.3) is 0 Å². The van der Waals surface area contributed by atoms with E-state index in [2.05, 4.69) is 104 Å². The summed E-state index contributed by atoms with van der Waals surface area (Å²) in [6, 6.07) is 15.0. The molecular weight excluding hydrogens is 1740 g/mol. The van der Waals surface area contributed by atoms with Crippen molar-refractivity contribution in [3.8, 4) is 0 Å². The smallest absolute Gasteiger partial charge is 0.326 e. The number of carbonyl (C=O) groups excluding carboxylic acids is 14. The highest BCUT2D eigenvalue weighted by atomic mass is 16.4. The van der Waals surface area contributed by atoms with Crippen molar-refractivity contribution in [1.82, 2.24) is 94.4 Å². The number of carboxylic acids is 3. The van der Waals surface area contributed by atoms with Crippen LogP contribution in [-0.2, 0) is 114 Å². The summed E-state index contributed by atoms with van der Waals surface area (Å²) in [5.74, 6) is -16.5. The van der Waals surface area contributed by atoms with Crippen LogP contribution in [0.4, 0.5) is 0 Å². The number of imidazole rings is 1. The van der Waals surface area contributed by atoms with Crippen molar-refractivity contribution in [2.45, 2.75) is 222 Å². The zero-order valence-corrected chi connectivity index (χ0v) is 74.9. The SMILES string of the molecule is CCCC[C@H](NC(C)=O)C(=O)N[C@@H](CCC(=O)O)C(=O)N[C@H](Cc1ccccc1)C(=O)N[C@@H](CCCN=C(N)N)C(=O)N[C@@H](Cc1c[nH]c2ccccc12)C(=O)NCCC(=O)NCC(=O)NCCC(=O)N[C@@H](CCCC)C(=O)N[C@@H](CCC(=O)O)C(=O)N[C@@H](Cc1c[nH]cn1)C(=O)N[C@H](Cc1ccccc1)C(=O)N[C@@H](CCCN=C(N)N)C(=O)N[C@@H](Cc1c[nH]c2ccccc12)C(=O)O. The van der Waals surface area contributed by atoms with Crippen LogP contribution in [0.1, 0.15) is 151 Å². The lowest BCUT2D eigenvalue weighted by Gasteiger charge is -2.27. The molecule has 28 N–H and O–H groups in total. The molecule has 0 unspecified atom stereocenters. The Morgan fingerprint density at radius 1 is 0.358 bits per heavy atom. The predicted molar refractivity (Wildman–Crippen MR) is 492 cm³/mol. The van der Waals surface area contributed by atoms with E-state index in [0.29, 0.717) is 58.8 Å². The number of rotatable bonds is 60. The molecule has 7 rings (SSSR count). The van der Waals surface area contributed by atoms with Crippen LogP contribution in [0.5, 0.6) is 0 Å². The third-order valence-corrected chi connectivity index (χ3v) is 21.4. The molecule has 3 aromatic heterocycles. The van der Waals surface area contributed by atoms with Gasteiger partial charge in [-0.15, -0.1) is 0 Å². The summed E-state index contributed by atoms with van der Waals surface area (Å²) < 4.78 is 0. The van der Waals surface area contributed by atoms with Gasteiger partial charge in [0.2, 0.25) is 82.7 Å². The molecule has 0 radical (unpaired) electrons. The van der Waals surface area contributed by atoms with Crippen LogP contribution in [0, 0.1) is 0 Å². The highest BCUT2D eigenvalue weighted by molar-refractivity contribution is 6.00. The number of carbonyl (C=O) groups is 17. The molecule has 0 fully saturated rings. The van der Waals surface area contributed by atoms with Crippen LogP contribution in [0.2, 0.25) is 0 Å². The number of nitrogens with two attached hydrogens (primary N) is 4. The minimum atomic E-state index is -1.69. The first-order valence-electron chi connectivity index (χ1n) is 44.2. The zero-order valence-electron chi connectivity index (χ0n) is 74.9. The summed E-state index contributed by atoms with van der Waals surface area (Å²) in [5, 5.41) is 67.7. The second-order valence-corrected chi connectivity index (χ2v) is 32.0. The molecule has 722 valence electrons. The minimum absolute atomic E-state index is 0.0000273. The monoisotopic (exact) mass is 1860 g/mol. The topological polar surface area (TPSA) is 708 Å². The molecule has 0 saturated heterocycles. The molecule has 3 heterocycles. The van der Waals surface area contributed by atoms with Crippen molar-refractivity contribution in [1.29, 1.82) is 0 Å². The van der Waals surface area contributed by atoms with Crippen LogP contribution < -0.4 is 97.4 Å². The standard InChI is InChI=1S/C90H122N24O20/c1-4-6-26-62(104-52(3)115)79(124)108-66(32-34-76(119)120)83(128)110-68(42-53-20-10-8-11-21-53)85(130)106-64(30-18-38-98-89(91)92)81(126)112-70(44-55-47-100-60-28-16-14-24-58(55)60)78(123)97-41-36-73(116)102-50-75(118)96-40-37-74(117)105-63(27-7-5-2)80(125)109-67(33-35-77(121)122)84(129)113-71(46-57-49-95-51-103-57)87(132)111-69(43-54-22-12-9-13-23-54)86(131)107-65(31-19-39-99-90(93)94)82(127)114-72(88(133)134)45-56-48-101-61-29-17-15-25-59(56)61/h8-17,20-25,28-29,47-49,51,62-72,100-101H,4-7,18-19,26-27,30-46,50H2,1-3H3,(H,95,103)(H,96,118)(H,97,123)(H,102,116)(H,104,115)(H,105,117)(H,106,130)(H,107,131)(H,108,124)(H,109,125)(H,110,128)(H,111,132)(H,112,126)(H,113,129)(H,114,127)(H,119,120)(H,121,122)(H,133,134)(H4,91,92,98)(H4,93,94,99)/t62-,63-,64-,65-,66-,67-,68+,69+,70-,71-,72-/m0/s1. The fourth-order valence-corrected chi connectivity index (χ4v) is 14.4. The Labute approximate surface area is 771 Å². The van der Waals surface area contributed by atoms with Crippen molar-refractivity contribution < 1.29 is 96.8 Å². The number of hydrogen-bond acceptors (Lipinski definition) is 20. The van der Waals surface area contributed by atoms with Crippen LogP contribution in [0.15, 0.2) is 144 Å². The molecule has 0 aliphatic rings. The van der Waals surface area contributed by atoms with Crippen molar-refractivity contribution in [3.05, 3.63) is 162 Å². The lowest BCUT2D eigenvalue weighted by Crippen LogP contribution is -2.60. The molecule has 0 aliphatic heterocycles. The van der Waals surface area contributed by atoms with Crippen LogP contribution in [0.3, 0.4) is 0 Å². The van der Waals surface area contributed by atoms with Crippen molar-refractivity contribution in [2.24, 2.45) is 32.9 Å². The van der Waals surface area contributed by atoms with E-state index in [4.69, 9.17) is 22.9 Å². The van der Waals surface area contributed by atoms with Gasteiger partial charge in [-0.2, -0.15) is 0 Å². The Bertz CT molecular complexity index is 5190. The molecule has 134 heavy (non-hydrogen) atoms. The molecule has 44 heteroatoms. The van der Waals surface area contributed by atoms with E-state index in [-0.39, 0.29) is 114 Å². The van der Waals surface area contributed by atoms with Crippen LogP contribution in [-0.4, -0.2) is 247 Å². The van der Waals surface area contributed by atoms with Crippen molar-refractivity contribution in [2.75, 3.05) is 32.7 Å². The fourth-order valence-electron chi connectivity index (χ4n) is 14.4. The van der Waals surface area contributed by atoms with E-state index in [1.54, 1.807) is 129 Å². The summed E-state index contributed by atoms with van der Waals surface area (Å²) in [5.41, 5.74) is 26.2. The number of aliphatic imine (C=N–C) groups is 2. The van der Waals surface area contributed by atoms with E-state index in [1.165, 1.54) is 19.4 Å². The van der Waals surface area contributed by atoms with E-state index < -0.39 is 212 Å². The summed E-state index contributed by atoms with van der Waals surface area (Å²) in [7, 11) is 0. The number of unbranched alkanes of at least 4 members (excludes halogenated alkanes) is 2. The maximum Gasteiger partial charge on any atom is 0.326 e. The average Bonchev–Trinajstić information content (AvgIpc) is 1.64. The molecule has 44 nitrogen and oxygen atoms in total. The number of aliphatic carboxylic acids is 3. The number of nitrogens with zero attached hydrogens (tertiary/aromatic N) is 3. The van der Waals surface area contributed by atoms with Gasteiger partial charge in [0.05, 0.1) is 18.6 Å². The Kier molecular flexibility index (Phi) is 43.9. The number of guanidine groups is 2. The van der Waals surface area contributed by atoms with Gasteiger partial charge in [-0.3, -0.25) is 86.7 Å². The summed E-state index contributed by atoms with van der Waals surface area (Å²) in [6.07, 6.45) is 3.95. The van der Waals surface area contributed by atoms with Crippen molar-refractivity contribution >= 4 is 134 Å². The number of amides is 14. The third-order valence-electron chi connectivity index (χ3n) is 21.4. The number of hydrogen-bond donors (Lipinski definition) is 24. The van der Waals surface area contributed by atoms with Crippen LogP contribution in [0.25, 0.3) is 21.8 Å². The molecule has 0 aliphatic carbocycles. The van der Waals surface area contributed by atoms with Crippen molar-refractivity contribution in [3.63, 3.8) is 0 Å². The minimum Gasteiger partial charge on any atom is -0.481 e. The quantitative estimate of drug-likeness (QED) is 0.0119. The number of carboxylic acid groups (broad SMARTS) is 3. The third kappa shape index (κ3) is 37.3. The molecule has 14 amide bonds. The summed E-state index contributed by atoms with van der Waals surface area (Å²) >= 11 is 0. The van der Waals surface area contributed by atoms with Gasteiger partial charge in [-0.25, -0.2) is 9.78 Å². The zero-order chi connectivity index (χ0) is 97.6. The molecule has 4 aromatic carbocycles. The second kappa shape index (κ2) is 55.7. The second-order valence-electron chi connectivity index (χ2n) is 32.0. The lowest BCUT2D eigenvalue weighted by molar-refractivity contribution is -0.142. The number of aromatic nitrogens is 4. The number of para-hydroxylation sites is 2. The maximum absolute atomic E-state index is 14.8. The van der Waals surface area contributed by atoms with Gasteiger partial charge in [0.15, 0.2) is 11.9 Å². The lowest BCUT2D eigenvalue weighted by atomic mass is 10.0. The Hall–Kier alpha value is -15.3. The average molecular weight is 1860 g/mol. The highest BCUT2D eigenvalue weighted by Gasteiger charge is 2.38. The predicted octanol–water partition coefficient (Wildman–Crippen LogP) is -1.33. The molecular formula is C90H122N24O20. The number of nitrogens with one attached hydrogen (secondary N) is 17. The first kappa shape index (κ1) is 106. The Morgan fingerprint density at radius 2 is 0.716 bits per heavy atom. The first-order valence-corrected chi connectivity index (χ1v) is 44.2. The Morgan fingerprint density at radius 3 is 1.13 bits per heavy atom. The normalized spacial score (nSPS) is 13.5. The van der Waals surface area contributed by atoms with Gasteiger partial charge >= 0.3 is 17.9 Å². The maximum atomic E-state index is 14.8. The van der Waals surface area contributed by atoms with Crippen LogP contribution >= 0.6 is 0 Å². The van der Waals surface area contributed by atoms with E-state index in [1.807, 2.05) is 6.92 Å². The van der Waals surface area contributed by atoms with Gasteiger partial charge < -0.3 is 128 Å².